The molecule has 1 aromatic heterocycles. The van der Waals surface area contributed by atoms with E-state index in [1.165, 1.54) is 6.07 Å². The number of nitrogens with one attached hydrogen (secondary N) is 2. The first-order valence-electron chi connectivity index (χ1n) is 9.19. The molecule has 0 spiro atoms. The lowest BCUT2D eigenvalue weighted by atomic mass is 9.86. The zero-order valence-corrected chi connectivity index (χ0v) is 17.2. The van der Waals surface area contributed by atoms with Crippen molar-refractivity contribution in [2.45, 2.75) is 30.4 Å². The van der Waals surface area contributed by atoms with E-state index in [0.29, 0.717) is 0 Å². The van der Waals surface area contributed by atoms with Crippen LogP contribution < -0.4 is 15.6 Å². The molecule has 12 heteroatoms. The second kappa shape index (κ2) is 8.72. The molecule has 6 nitrogen and oxygen atoms in total. The predicted octanol–water partition coefficient (Wildman–Crippen LogP) is 3.03. The fourth-order valence-electron chi connectivity index (χ4n) is 3.46. The first-order valence-corrected chi connectivity index (χ1v) is 9.57. The number of hydrogen-bond donors (Lipinski definition) is 4. The average Bonchev–Trinajstić information content (AvgIpc) is 2.72. The van der Waals surface area contributed by atoms with Gasteiger partial charge in [0.15, 0.2) is 11.6 Å². The number of ether oxygens (including phenoxy) is 1. The van der Waals surface area contributed by atoms with Gasteiger partial charge in [0.2, 0.25) is 11.2 Å². The molecular formula is C20H18ClF5N2O4. The largest absolute Gasteiger partial charge is 0.494 e. The number of alkyl halides is 4. The number of fused-ring (bicyclic) bond motifs is 1. The molecule has 1 aromatic carbocycles. The van der Waals surface area contributed by atoms with E-state index < -0.39 is 52.6 Å². The first kappa shape index (κ1) is 24.0. The molecule has 0 fully saturated rings. The summed E-state index contributed by atoms with van der Waals surface area (Å²) in [7, 11) is 1.12. The Labute approximate surface area is 183 Å². The highest BCUT2D eigenvalue weighted by Crippen LogP contribution is 2.44. The number of aromatic amines is 1. The summed E-state index contributed by atoms with van der Waals surface area (Å²) in [6, 6.07) is 2.06. The number of methoxy groups -OCH3 is 1. The van der Waals surface area contributed by atoms with Crippen LogP contribution in [0, 0.1) is 5.82 Å². The van der Waals surface area contributed by atoms with Crippen molar-refractivity contribution in [2.24, 2.45) is 0 Å². The second-order valence-electron chi connectivity index (χ2n) is 7.16. The van der Waals surface area contributed by atoms with Gasteiger partial charge in [-0.3, -0.25) is 4.79 Å². The van der Waals surface area contributed by atoms with E-state index in [-0.39, 0.29) is 29.1 Å². The van der Waals surface area contributed by atoms with Crippen molar-refractivity contribution in [3.63, 3.8) is 0 Å². The molecule has 4 N–H and O–H groups in total. The van der Waals surface area contributed by atoms with Gasteiger partial charge >= 0.3 is 6.18 Å². The number of aliphatic hydroxyl groups excluding tert-OH is 1. The summed E-state index contributed by atoms with van der Waals surface area (Å²) in [4.78, 5) is 14.0. The van der Waals surface area contributed by atoms with E-state index in [1.807, 2.05) is 0 Å². The number of pyridine rings is 1. The van der Waals surface area contributed by atoms with Crippen LogP contribution in [0.2, 0.25) is 5.02 Å². The van der Waals surface area contributed by atoms with E-state index in [9.17, 15) is 37.0 Å². The quantitative estimate of drug-likeness (QED) is 0.477. The smallest absolute Gasteiger partial charge is 0.421 e. The molecule has 0 radical (unpaired) electrons. The minimum Gasteiger partial charge on any atom is -0.494 e. The molecule has 0 aliphatic heterocycles. The molecular weight excluding hydrogens is 463 g/mol. The number of hydrogen-bond acceptors (Lipinski definition) is 5. The van der Waals surface area contributed by atoms with Gasteiger partial charge in [0.1, 0.15) is 6.17 Å². The van der Waals surface area contributed by atoms with E-state index in [2.05, 4.69) is 10.3 Å². The van der Waals surface area contributed by atoms with Gasteiger partial charge in [-0.25, -0.2) is 8.78 Å². The molecule has 0 bridgehead atoms. The van der Waals surface area contributed by atoms with Crippen LogP contribution in [0.3, 0.4) is 0 Å². The van der Waals surface area contributed by atoms with Crippen molar-refractivity contribution in [3.05, 3.63) is 68.4 Å². The topological polar surface area (TPSA) is 94.6 Å². The van der Waals surface area contributed by atoms with Gasteiger partial charge in [-0.15, -0.1) is 0 Å². The highest BCUT2D eigenvalue weighted by molar-refractivity contribution is 6.31. The van der Waals surface area contributed by atoms with Crippen molar-refractivity contribution < 1.29 is 36.9 Å². The molecule has 0 amide bonds. The van der Waals surface area contributed by atoms with Crippen LogP contribution in [0.1, 0.15) is 22.9 Å². The molecule has 1 aliphatic rings. The summed E-state index contributed by atoms with van der Waals surface area (Å²) in [6.07, 6.45) is -6.37. The van der Waals surface area contributed by atoms with Gasteiger partial charge in [-0.05, 0) is 23.8 Å². The summed E-state index contributed by atoms with van der Waals surface area (Å²) in [6.45, 7) is -1.82. The van der Waals surface area contributed by atoms with Gasteiger partial charge < -0.3 is 25.3 Å². The Morgan fingerprint density at radius 1 is 1.31 bits per heavy atom. The number of benzene rings is 1. The lowest BCUT2D eigenvalue weighted by molar-refractivity contribution is -0.281. The van der Waals surface area contributed by atoms with E-state index in [4.69, 9.17) is 16.3 Å². The molecule has 0 saturated carbocycles. The molecule has 32 heavy (non-hydrogen) atoms. The summed E-state index contributed by atoms with van der Waals surface area (Å²) in [5, 5.41) is 21.5. The average molecular weight is 481 g/mol. The highest BCUT2D eigenvalue weighted by atomic mass is 35.5. The van der Waals surface area contributed by atoms with Gasteiger partial charge in [-0.2, -0.15) is 13.2 Å². The Balaban J connectivity index is 2.19. The second-order valence-corrected chi connectivity index (χ2v) is 7.54. The molecule has 174 valence electrons. The predicted molar refractivity (Wildman–Crippen MR) is 106 cm³/mol. The lowest BCUT2D eigenvalue weighted by Crippen LogP contribution is -2.57. The Morgan fingerprint density at radius 2 is 2.00 bits per heavy atom. The standard InChI is InChI=1S/C20H18ClF5N2O4/c1-32-14-4-2-11(16(21)17(14)23)18(19(31,8-29)20(24,25)26)28-13-7-9(22)6-12-10(13)3-5-15(30)27-12/h2-5,7,9,18,28-29,31H,6,8H2,1H3,(H,27,30). The van der Waals surface area contributed by atoms with Gasteiger partial charge in [-0.1, -0.05) is 17.7 Å². The number of rotatable bonds is 6. The molecule has 1 aliphatic carbocycles. The van der Waals surface area contributed by atoms with Crippen LogP contribution in [-0.2, 0) is 6.42 Å². The summed E-state index contributed by atoms with van der Waals surface area (Å²) >= 11 is 5.96. The van der Waals surface area contributed by atoms with Crippen LogP contribution >= 0.6 is 11.6 Å². The van der Waals surface area contributed by atoms with Gasteiger partial charge in [0.25, 0.3) is 0 Å². The van der Waals surface area contributed by atoms with Crippen LogP contribution in [0.5, 0.6) is 5.75 Å². The lowest BCUT2D eigenvalue weighted by Gasteiger charge is -2.39. The van der Waals surface area contributed by atoms with E-state index in [0.717, 1.165) is 31.4 Å². The molecule has 3 atom stereocenters. The Morgan fingerprint density at radius 3 is 2.59 bits per heavy atom. The summed E-state index contributed by atoms with van der Waals surface area (Å²) in [5.74, 6) is -1.55. The maximum Gasteiger partial charge on any atom is 0.421 e. The third-order valence-electron chi connectivity index (χ3n) is 5.15. The minimum absolute atomic E-state index is 0.111. The first-order chi connectivity index (χ1) is 14.9. The van der Waals surface area contributed by atoms with Crippen LogP contribution in [0.4, 0.5) is 22.0 Å². The minimum atomic E-state index is -5.41. The number of halogens is 6. The van der Waals surface area contributed by atoms with Crippen LogP contribution in [-0.4, -0.2) is 46.9 Å². The fourth-order valence-corrected chi connectivity index (χ4v) is 3.73. The molecule has 3 rings (SSSR count). The number of allylic oxidation sites excluding steroid dienone is 1. The van der Waals surface area contributed by atoms with Crippen molar-refractivity contribution in [1.82, 2.24) is 10.3 Å². The summed E-state index contributed by atoms with van der Waals surface area (Å²) in [5.41, 5.74) is -4.90. The van der Waals surface area contributed by atoms with Crippen molar-refractivity contribution >= 4 is 17.3 Å². The SMILES string of the molecule is COc1ccc(C(NC2=CC(F)Cc3[nH]c(=O)ccc32)C(O)(CO)C(F)(F)F)c(Cl)c1F. The van der Waals surface area contributed by atoms with Crippen LogP contribution in [0.15, 0.2) is 35.1 Å². The molecule has 2 aromatic rings. The van der Waals surface area contributed by atoms with E-state index in [1.54, 1.807) is 0 Å². The van der Waals surface area contributed by atoms with Gasteiger partial charge in [0, 0.05) is 29.4 Å². The van der Waals surface area contributed by atoms with Crippen molar-refractivity contribution in [1.29, 1.82) is 0 Å². The number of aliphatic hydroxyl groups is 2. The maximum absolute atomic E-state index is 14.5. The zero-order valence-electron chi connectivity index (χ0n) is 16.4. The molecule has 3 unspecified atom stereocenters. The molecule has 0 saturated heterocycles. The Kier molecular flexibility index (Phi) is 6.55. The number of aromatic nitrogens is 1. The Hall–Kier alpha value is -2.63. The third kappa shape index (κ3) is 4.19. The normalized spacial score (nSPS) is 18.9. The third-order valence-corrected chi connectivity index (χ3v) is 5.54. The molecule has 1 heterocycles. The van der Waals surface area contributed by atoms with Crippen molar-refractivity contribution in [2.75, 3.05) is 13.7 Å². The highest BCUT2D eigenvalue weighted by Gasteiger charge is 2.59. The number of H-pyrrole nitrogens is 1. The fraction of sp³-hybridized carbons (Fsp3) is 0.350. The monoisotopic (exact) mass is 480 g/mol. The zero-order chi connectivity index (χ0) is 23.8. The Bertz CT molecular complexity index is 1100. The van der Waals surface area contributed by atoms with Gasteiger partial charge in [0.05, 0.1) is 24.8 Å². The van der Waals surface area contributed by atoms with E-state index >= 15 is 0 Å². The summed E-state index contributed by atoms with van der Waals surface area (Å²) < 4.78 is 75.1. The maximum atomic E-state index is 14.5. The van der Waals surface area contributed by atoms with Crippen LogP contribution in [0.25, 0.3) is 5.70 Å². The van der Waals surface area contributed by atoms with Crippen molar-refractivity contribution in [3.8, 4) is 5.75 Å².